The first-order valence-electron chi connectivity index (χ1n) is 11.9. The van der Waals surface area contributed by atoms with Gasteiger partial charge in [0.05, 0.1) is 34.4 Å². The van der Waals surface area contributed by atoms with Gasteiger partial charge in [0.1, 0.15) is 0 Å². The van der Waals surface area contributed by atoms with Gasteiger partial charge in [-0.05, 0) is 25.8 Å². The summed E-state index contributed by atoms with van der Waals surface area (Å²) >= 11 is 1.67. The van der Waals surface area contributed by atoms with Crippen LogP contribution in [0.1, 0.15) is 36.4 Å². The third kappa shape index (κ3) is 4.69. The van der Waals surface area contributed by atoms with Crippen LogP contribution in [-0.4, -0.2) is 70.4 Å². The number of amides is 3. The number of aryl methyl sites for hydroxylation is 1. The number of ether oxygens (including phenoxy) is 1. The average Bonchev–Trinajstić information content (AvgIpc) is 3.39. The van der Waals surface area contributed by atoms with Crippen LogP contribution in [0.15, 0.2) is 23.7 Å². The van der Waals surface area contributed by atoms with E-state index in [2.05, 4.69) is 20.2 Å². The van der Waals surface area contributed by atoms with Crippen LogP contribution in [-0.2, 0) is 16.0 Å². The SMILES string of the molecule is Cc1nc(CCN2CCN(C(=O)Oc3ccc(N4C(=O)C5CCCCC5C4=O)cn3)CC2)cs1. The fourth-order valence-electron chi connectivity index (χ4n) is 5.09. The second-order valence-corrected chi connectivity index (χ2v) is 10.2. The van der Waals surface area contributed by atoms with Crippen molar-refractivity contribution in [2.75, 3.05) is 37.6 Å². The van der Waals surface area contributed by atoms with Crippen molar-refractivity contribution >= 4 is 34.9 Å². The van der Waals surface area contributed by atoms with Crippen LogP contribution in [0.5, 0.6) is 5.88 Å². The maximum absolute atomic E-state index is 12.8. The Hall–Kier alpha value is -2.85. The van der Waals surface area contributed by atoms with Gasteiger partial charge in [0, 0.05) is 50.6 Å². The van der Waals surface area contributed by atoms with Crippen LogP contribution in [0.4, 0.5) is 10.5 Å². The first-order valence-corrected chi connectivity index (χ1v) is 12.8. The molecule has 2 aromatic heterocycles. The number of rotatable bonds is 5. The van der Waals surface area contributed by atoms with E-state index in [1.54, 1.807) is 28.4 Å². The van der Waals surface area contributed by atoms with E-state index in [1.165, 1.54) is 11.1 Å². The zero-order chi connectivity index (χ0) is 23.7. The van der Waals surface area contributed by atoms with Gasteiger partial charge in [-0.25, -0.2) is 19.7 Å². The summed E-state index contributed by atoms with van der Waals surface area (Å²) in [6.07, 6.45) is 5.43. The molecule has 34 heavy (non-hydrogen) atoms. The summed E-state index contributed by atoms with van der Waals surface area (Å²) in [5.74, 6) is -0.522. The van der Waals surface area contributed by atoms with E-state index in [4.69, 9.17) is 4.74 Å². The molecule has 0 bridgehead atoms. The molecule has 0 aromatic carbocycles. The van der Waals surface area contributed by atoms with Gasteiger partial charge in [0.15, 0.2) is 0 Å². The number of carbonyl (C=O) groups excluding carboxylic acids is 3. The molecule has 0 spiro atoms. The molecule has 2 unspecified atom stereocenters. The zero-order valence-electron chi connectivity index (χ0n) is 19.3. The Morgan fingerprint density at radius 3 is 2.38 bits per heavy atom. The molecule has 10 heteroatoms. The molecule has 2 aliphatic heterocycles. The van der Waals surface area contributed by atoms with E-state index in [0.717, 1.165) is 62.4 Å². The summed E-state index contributed by atoms with van der Waals surface area (Å²) in [5, 5.41) is 3.19. The lowest BCUT2D eigenvalue weighted by Crippen LogP contribution is -2.50. The molecule has 5 rings (SSSR count). The Morgan fingerprint density at radius 1 is 1.09 bits per heavy atom. The van der Waals surface area contributed by atoms with E-state index in [1.807, 2.05) is 6.92 Å². The predicted octanol–water partition coefficient (Wildman–Crippen LogP) is 2.89. The third-order valence-corrected chi connectivity index (χ3v) is 7.82. The van der Waals surface area contributed by atoms with Crippen LogP contribution in [0.25, 0.3) is 0 Å². The molecule has 2 aromatic rings. The zero-order valence-corrected chi connectivity index (χ0v) is 20.1. The van der Waals surface area contributed by atoms with Crippen molar-refractivity contribution in [1.82, 2.24) is 19.8 Å². The lowest BCUT2D eigenvalue weighted by Gasteiger charge is -2.33. The first kappa shape index (κ1) is 22.9. The normalized spacial score (nSPS) is 23.3. The van der Waals surface area contributed by atoms with Gasteiger partial charge in [-0.3, -0.25) is 14.5 Å². The minimum atomic E-state index is -0.436. The Kier molecular flexibility index (Phi) is 6.60. The van der Waals surface area contributed by atoms with E-state index < -0.39 is 6.09 Å². The molecule has 3 fully saturated rings. The Morgan fingerprint density at radius 2 is 1.79 bits per heavy atom. The van der Waals surface area contributed by atoms with Gasteiger partial charge in [-0.1, -0.05) is 12.8 Å². The number of carbonyl (C=O) groups is 3. The molecule has 3 amide bonds. The summed E-state index contributed by atoms with van der Waals surface area (Å²) < 4.78 is 5.45. The third-order valence-electron chi connectivity index (χ3n) is 6.99. The smallest absolute Gasteiger partial charge is 0.391 e. The summed E-state index contributed by atoms with van der Waals surface area (Å²) in [4.78, 5) is 52.1. The number of aromatic nitrogens is 2. The van der Waals surface area contributed by atoms with Crippen LogP contribution in [0.2, 0.25) is 0 Å². The molecule has 1 saturated carbocycles. The maximum atomic E-state index is 12.8. The quantitative estimate of drug-likeness (QED) is 0.604. The molecule has 0 radical (unpaired) electrons. The monoisotopic (exact) mass is 483 g/mol. The molecule has 0 N–H and O–H groups in total. The topological polar surface area (TPSA) is 95.9 Å². The minimum Gasteiger partial charge on any atom is -0.391 e. The Bertz CT molecular complexity index is 1040. The van der Waals surface area contributed by atoms with Crippen molar-refractivity contribution in [3.63, 3.8) is 0 Å². The number of piperazine rings is 1. The number of anilines is 1. The Balaban J connectivity index is 1.12. The van der Waals surface area contributed by atoms with Gasteiger partial charge in [-0.2, -0.15) is 0 Å². The average molecular weight is 484 g/mol. The number of hydrogen-bond donors (Lipinski definition) is 0. The highest BCUT2D eigenvalue weighted by Gasteiger charge is 2.48. The number of imide groups is 1. The molecular weight excluding hydrogens is 454 g/mol. The predicted molar refractivity (Wildman–Crippen MR) is 127 cm³/mol. The highest BCUT2D eigenvalue weighted by Crippen LogP contribution is 2.40. The minimum absolute atomic E-state index is 0.135. The van der Waals surface area contributed by atoms with E-state index in [0.29, 0.717) is 18.8 Å². The van der Waals surface area contributed by atoms with Gasteiger partial charge >= 0.3 is 6.09 Å². The maximum Gasteiger partial charge on any atom is 0.416 e. The summed E-state index contributed by atoms with van der Waals surface area (Å²) in [5.41, 5.74) is 1.56. The lowest BCUT2D eigenvalue weighted by atomic mass is 9.81. The van der Waals surface area contributed by atoms with E-state index in [9.17, 15) is 14.4 Å². The van der Waals surface area contributed by atoms with Crippen LogP contribution in [0, 0.1) is 18.8 Å². The van der Waals surface area contributed by atoms with Gasteiger partial charge < -0.3 is 9.64 Å². The highest BCUT2D eigenvalue weighted by molar-refractivity contribution is 7.09. The molecular formula is C24H29N5O4S. The number of thiazole rings is 1. The van der Waals surface area contributed by atoms with Crippen LogP contribution < -0.4 is 9.64 Å². The second-order valence-electron chi connectivity index (χ2n) is 9.17. The first-order chi connectivity index (χ1) is 16.5. The van der Waals surface area contributed by atoms with E-state index in [-0.39, 0.29) is 29.5 Å². The highest BCUT2D eigenvalue weighted by atomic mass is 32.1. The molecule has 2 atom stereocenters. The second kappa shape index (κ2) is 9.79. The molecule has 180 valence electrons. The van der Waals surface area contributed by atoms with Crippen molar-refractivity contribution in [3.05, 3.63) is 34.4 Å². The standard InChI is InChI=1S/C24H29N5O4S/c1-16-26-17(15-34-16)8-9-27-10-12-28(13-11-27)24(32)33-21-7-6-18(14-25-21)29-22(30)19-4-2-3-5-20(19)23(29)31/h6-7,14-15,19-20H,2-5,8-13H2,1H3. The molecule has 9 nitrogen and oxygen atoms in total. The number of fused-ring (bicyclic) bond motifs is 1. The molecule has 2 saturated heterocycles. The number of hydrogen-bond acceptors (Lipinski definition) is 8. The summed E-state index contributed by atoms with van der Waals surface area (Å²) in [7, 11) is 0. The molecule has 1 aliphatic carbocycles. The van der Waals surface area contributed by atoms with Crippen molar-refractivity contribution in [2.24, 2.45) is 11.8 Å². The summed E-state index contributed by atoms with van der Waals surface area (Å²) in [6.45, 7) is 5.68. The van der Waals surface area contributed by atoms with Gasteiger partial charge in [0.2, 0.25) is 17.7 Å². The number of nitrogens with zero attached hydrogens (tertiary/aromatic N) is 5. The van der Waals surface area contributed by atoms with Crippen molar-refractivity contribution in [2.45, 2.75) is 39.0 Å². The fraction of sp³-hybridized carbons (Fsp3) is 0.542. The van der Waals surface area contributed by atoms with Crippen LogP contribution in [0.3, 0.4) is 0 Å². The van der Waals surface area contributed by atoms with Gasteiger partial charge in [0.25, 0.3) is 0 Å². The van der Waals surface area contributed by atoms with E-state index >= 15 is 0 Å². The van der Waals surface area contributed by atoms with Crippen molar-refractivity contribution in [1.29, 1.82) is 0 Å². The van der Waals surface area contributed by atoms with Crippen LogP contribution >= 0.6 is 11.3 Å². The molecule has 4 heterocycles. The van der Waals surface area contributed by atoms with Crippen molar-refractivity contribution in [3.8, 4) is 5.88 Å². The lowest BCUT2D eigenvalue weighted by molar-refractivity contribution is -0.122. The van der Waals surface area contributed by atoms with Crippen molar-refractivity contribution < 1.29 is 19.1 Å². The number of pyridine rings is 1. The summed E-state index contributed by atoms with van der Waals surface area (Å²) in [6, 6.07) is 3.17. The molecule has 3 aliphatic rings. The Labute approximate surface area is 202 Å². The fourth-order valence-corrected chi connectivity index (χ4v) is 5.73. The largest absolute Gasteiger partial charge is 0.416 e. The van der Waals surface area contributed by atoms with Gasteiger partial charge in [-0.15, -0.1) is 11.3 Å².